The maximum Gasteiger partial charge on any atom is 0.416 e. The molecule has 1 aliphatic heterocycles. The first-order chi connectivity index (χ1) is 19.9. The van der Waals surface area contributed by atoms with Crippen LogP contribution in [0.5, 0.6) is 0 Å². The van der Waals surface area contributed by atoms with E-state index in [9.17, 15) is 28.0 Å². The lowest BCUT2D eigenvalue weighted by atomic mass is 9.87. The van der Waals surface area contributed by atoms with Crippen molar-refractivity contribution in [2.24, 2.45) is 5.73 Å². The predicted octanol–water partition coefficient (Wildman–Crippen LogP) is 5.99. The molecule has 9 nitrogen and oxygen atoms in total. The van der Waals surface area contributed by atoms with Crippen LogP contribution < -0.4 is 10.6 Å². The number of esters is 1. The molecule has 0 spiro atoms. The molecule has 13 heteroatoms. The molecule has 3 N–H and O–H groups in total. The molecular formula is C29H26ClF3N6O3. The quantitative estimate of drug-likeness (QED) is 0.323. The highest BCUT2D eigenvalue weighted by Crippen LogP contribution is 2.42. The number of benzene rings is 2. The van der Waals surface area contributed by atoms with E-state index in [2.05, 4.69) is 6.07 Å². The van der Waals surface area contributed by atoms with Crippen LogP contribution in [0, 0.1) is 16.7 Å². The number of hydrogen-bond donors (Lipinski definition) is 2. The number of halogens is 4. The van der Waals surface area contributed by atoms with E-state index in [1.807, 2.05) is 10.8 Å². The van der Waals surface area contributed by atoms with Gasteiger partial charge >= 0.3 is 18.2 Å². The Morgan fingerprint density at radius 2 is 1.93 bits per heavy atom. The predicted molar refractivity (Wildman–Crippen MR) is 149 cm³/mol. The topological polar surface area (TPSA) is 128 Å². The summed E-state index contributed by atoms with van der Waals surface area (Å²) >= 11 is 6.01. The van der Waals surface area contributed by atoms with Crippen LogP contribution in [0.2, 0.25) is 5.02 Å². The molecule has 0 unspecified atom stereocenters. The molecule has 0 aliphatic carbocycles. The minimum Gasteiger partial charge on any atom is -0.466 e. The standard InChI is InChI=1S/C29H26ClF3N6O3/c1-17-24(26(40)42-2)25(23-9-8-18(15-34)13-19(23)5-4-11-37-12-10-21(30)16-37)39(28(36)41)27(35)38(17)22-7-3-6-20(14-22)29(31,32)33/h3,6-10,12-14,16,25,35H,4-5,11H2,1-2H3,(H2,36,41)/t25-/m1/s1. The maximum absolute atomic E-state index is 13.5. The molecule has 42 heavy (non-hydrogen) atoms. The molecule has 0 radical (unpaired) electrons. The zero-order valence-electron chi connectivity index (χ0n) is 22.6. The van der Waals surface area contributed by atoms with E-state index in [1.54, 1.807) is 24.4 Å². The number of hydrogen-bond acceptors (Lipinski definition) is 5. The van der Waals surface area contributed by atoms with Crippen molar-refractivity contribution in [3.8, 4) is 6.07 Å². The highest BCUT2D eigenvalue weighted by atomic mass is 35.5. The molecule has 3 aromatic rings. The second kappa shape index (κ2) is 12.0. The monoisotopic (exact) mass is 598 g/mol. The number of nitrogens with one attached hydrogen (secondary N) is 1. The van der Waals surface area contributed by atoms with E-state index < -0.39 is 35.7 Å². The van der Waals surface area contributed by atoms with E-state index >= 15 is 0 Å². The summed E-state index contributed by atoms with van der Waals surface area (Å²) in [5.41, 5.74) is 5.99. The molecule has 2 heterocycles. The molecule has 0 saturated heterocycles. The zero-order chi connectivity index (χ0) is 30.8. The number of ether oxygens (including phenoxy) is 1. The van der Waals surface area contributed by atoms with Gasteiger partial charge in [-0.2, -0.15) is 18.4 Å². The Morgan fingerprint density at radius 3 is 2.52 bits per heavy atom. The molecule has 2 aromatic carbocycles. The molecular weight excluding hydrogens is 573 g/mol. The van der Waals surface area contributed by atoms with Gasteiger partial charge in [0.1, 0.15) is 6.04 Å². The highest BCUT2D eigenvalue weighted by molar-refractivity contribution is 6.30. The second-order valence-corrected chi connectivity index (χ2v) is 9.94. The van der Waals surface area contributed by atoms with Gasteiger partial charge in [-0.15, -0.1) is 0 Å². The fourth-order valence-corrected chi connectivity index (χ4v) is 5.21. The van der Waals surface area contributed by atoms with E-state index in [0.29, 0.717) is 41.1 Å². The van der Waals surface area contributed by atoms with Gasteiger partial charge < -0.3 is 15.0 Å². The molecule has 2 amide bonds. The van der Waals surface area contributed by atoms with Crippen molar-refractivity contribution >= 4 is 35.2 Å². The average molecular weight is 599 g/mol. The Labute approximate surface area is 244 Å². The van der Waals surface area contributed by atoms with Crippen LogP contribution in [-0.2, 0) is 28.7 Å². The van der Waals surface area contributed by atoms with Crippen molar-refractivity contribution in [2.45, 2.75) is 38.5 Å². The number of primary amides is 1. The number of alkyl halides is 3. The minimum absolute atomic E-state index is 0.0750. The lowest BCUT2D eigenvalue weighted by molar-refractivity contribution is -0.138. The van der Waals surface area contributed by atoms with Crippen LogP contribution in [0.3, 0.4) is 0 Å². The number of rotatable bonds is 7. The van der Waals surface area contributed by atoms with Crippen molar-refractivity contribution in [3.63, 3.8) is 0 Å². The number of nitriles is 1. The fourth-order valence-electron chi connectivity index (χ4n) is 5.03. The zero-order valence-corrected chi connectivity index (χ0v) is 23.3. The Balaban J connectivity index is 1.87. The molecule has 1 aliphatic rings. The van der Waals surface area contributed by atoms with E-state index in [0.717, 1.165) is 35.1 Å². The number of urea groups is 1. The van der Waals surface area contributed by atoms with Crippen LogP contribution in [-0.4, -0.2) is 34.5 Å². The summed E-state index contributed by atoms with van der Waals surface area (Å²) in [6.07, 6.45) is -0.112. The third kappa shape index (κ3) is 5.96. The summed E-state index contributed by atoms with van der Waals surface area (Å²) in [5, 5.41) is 19.0. The fraction of sp³-hybridized carbons (Fsp3) is 0.241. The Morgan fingerprint density at radius 1 is 1.19 bits per heavy atom. The molecule has 218 valence electrons. The third-order valence-corrected chi connectivity index (χ3v) is 7.14. The summed E-state index contributed by atoms with van der Waals surface area (Å²) < 4.78 is 47.5. The number of nitrogens with two attached hydrogens (primary N) is 1. The van der Waals surface area contributed by atoms with Crippen molar-refractivity contribution < 1.29 is 27.5 Å². The van der Waals surface area contributed by atoms with Gasteiger partial charge in [0, 0.05) is 30.3 Å². The number of carbonyl (C=O) groups excluding carboxylic acids is 2. The lowest BCUT2D eigenvalue weighted by Gasteiger charge is -2.43. The van der Waals surface area contributed by atoms with Gasteiger partial charge in [-0.1, -0.05) is 23.7 Å². The van der Waals surface area contributed by atoms with Gasteiger partial charge in [0.2, 0.25) is 5.96 Å². The van der Waals surface area contributed by atoms with Crippen LogP contribution in [0.1, 0.15) is 41.6 Å². The minimum atomic E-state index is -4.67. The average Bonchev–Trinajstić information content (AvgIpc) is 3.36. The normalized spacial score (nSPS) is 15.5. The summed E-state index contributed by atoms with van der Waals surface area (Å²) in [6, 6.07) is 10.3. The SMILES string of the molecule is COC(=O)C1=C(C)N(c2cccc(C(F)(F)F)c2)C(=N)N(C(N)=O)[C@@H]1c1ccc(C#N)cc1CCCn1ccc(Cl)c1. The van der Waals surface area contributed by atoms with Gasteiger partial charge in [-0.05, 0) is 67.3 Å². The first-order valence-corrected chi connectivity index (χ1v) is 13.0. The summed E-state index contributed by atoms with van der Waals surface area (Å²) in [4.78, 5) is 28.1. The Kier molecular flexibility index (Phi) is 8.63. The number of aromatic nitrogens is 1. The van der Waals surface area contributed by atoms with Gasteiger partial charge in [0.05, 0.1) is 34.9 Å². The van der Waals surface area contributed by atoms with Crippen LogP contribution >= 0.6 is 11.6 Å². The Bertz CT molecular complexity index is 1620. The first-order valence-electron chi connectivity index (χ1n) is 12.6. The number of guanidine groups is 1. The first kappa shape index (κ1) is 30.2. The van der Waals surface area contributed by atoms with Crippen molar-refractivity contribution in [1.82, 2.24) is 9.47 Å². The summed E-state index contributed by atoms with van der Waals surface area (Å²) in [5.74, 6) is -1.43. The number of carbonyl (C=O) groups is 2. The molecule has 1 atom stereocenters. The number of nitrogens with zero attached hydrogens (tertiary/aromatic N) is 4. The molecule has 0 bridgehead atoms. The maximum atomic E-state index is 13.5. The lowest BCUT2D eigenvalue weighted by Crippen LogP contribution is -2.55. The van der Waals surface area contributed by atoms with Gasteiger partial charge in [0.15, 0.2) is 0 Å². The smallest absolute Gasteiger partial charge is 0.416 e. The molecule has 0 saturated carbocycles. The van der Waals surface area contributed by atoms with E-state index in [-0.39, 0.29) is 17.0 Å². The van der Waals surface area contributed by atoms with E-state index in [1.165, 1.54) is 19.1 Å². The van der Waals surface area contributed by atoms with Gasteiger partial charge in [0.25, 0.3) is 0 Å². The number of anilines is 1. The highest BCUT2D eigenvalue weighted by Gasteiger charge is 2.44. The molecule has 4 rings (SSSR count). The number of methoxy groups -OCH3 is 1. The van der Waals surface area contributed by atoms with Gasteiger partial charge in [-0.25, -0.2) is 9.59 Å². The van der Waals surface area contributed by atoms with Crippen molar-refractivity contribution in [1.29, 1.82) is 10.7 Å². The summed E-state index contributed by atoms with van der Waals surface area (Å²) in [6.45, 7) is 2.02. The molecule has 0 fully saturated rings. The van der Waals surface area contributed by atoms with Crippen molar-refractivity contribution in [2.75, 3.05) is 12.0 Å². The van der Waals surface area contributed by atoms with Gasteiger partial charge in [-0.3, -0.25) is 15.2 Å². The second-order valence-electron chi connectivity index (χ2n) is 9.51. The van der Waals surface area contributed by atoms with Crippen LogP contribution in [0.4, 0.5) is 23.7 Å². The summed E-state index contributed by atoms with van der Waals surface area (Å²) in [7, 11) is 1.13. The largest absolute Gasteiger partial charge is 0.466 e. The van der Waals surface area contributed by atoms with Crippen LogP contribution in [0.25, 0.3) is 0 Å². The Hall–Kier alpha value is -4.76. The number of amides is 2. The number of aryl methyl sites for hydroxylation is 2. The third-order valence-electron chi connectivity index (χ3n) is 6.91. The number of allylic oxidation sites excluding steroid dienone is 1. The molecule has 1 aromatic heterocycles. The van der Waals surface area contributed by atoms with E-state index in [4.69, 9.17) is 27.5 Å². The van der Waals surface area contributed by atoms with Crippen molar-refractivity contribution in [3.05, 3.63) is 99.5 Å². The van der Waals surface area contributed by atoms with Crippen LogP contribution in [0.15, 0.2) is 72.2 Å².